The molecule has 1 aliphatic heterocycles. The second-order valence-corrected chi connectivity index (χ2v) is 5.73. The Bertz CT molecular complexity index is 228. The minimum atomic E-state index is 0.0452. The van der Waals surface area contributed by atoms with Crippen LogP contribution < -0.4 is 10.6 Å². The fraction of sp³-hybridized carbons (Fsp3) is 0.929. The molecule has 1 aliphatic rings. The summed E-state index contributed by atoms with van der Waals surface area (Å²) in [5.74, 6) is 0.965. The van der Waals surface area contributed by atoms with Gasteiger partial charge in [0.2, 0.25) is 5.91 Å². The molecule has 3 nitrogen and oxygen atoms in total. The van der Waals surface area contributed by atoms with Crippen LogP contribution in [0.4, 0.5) is 0 Å². The van der Waals surface area contributed by atoms with Crippen molar-refractivity contribution in [1.29, 1.82) is 0 Å². The van der Waals surface area contributed by atoms with Gasteiger partial charge >= 0.3 is 0 Å². The summed E-state index contributed by atoms with van der Waals surface area (Å²) in [6.45, 7) is 7.47. The molecule has 1 rings (SSSR count). The standard InChI is InChI=1S/C14H28N2O/c1-11(2)7-4-5-10-15-14(17)13-9-6-8-12(3)16-13/h11-13,16H,4-10H2,1-3H3,(H,15,17). The molecule has 2 atom stereocenters. The van der Waals surface area contributed by atoms with Gasteiger partial charge in [0, 0.05) is 12.6 Å². The van der Waals surface area contributed by atoms with Crippen molar-refractivity contribution in [3.63, 3.8) is 0 Å². The lowest BCUT2D eigenvalue weighted by atomic mass is 9.99. The summed E-state index contributed by atoms with van der Waals surface area (Å²) in [6.07, 6.45) is 6.92. The van der Waals surface area contributed by atoms with Crippen LogP contribution in [0.5, 0.6) is 0 Å². The first kappa shape index (κ1) is 14.5. The van der Waals surface area contributed by atoms with Gasteiger partial charge in [0.1, 0.15) is 0 Å². The third kappa shape index (κ3) is 6.06. The lowest BCUT2D eigenvalue weighted by Crippen LogP contribution is -2.50. The summed E-state index contributed by atoms with van der Waals surface area (Å²) in [5, 5.41) is 6.41. The molecule has 0 saturated carbocycles. The minimum absolute atomic E-state index is 0.0452. The first-order valence-corrected chi connectivity index (χ1v) is 7.13. The molecule has 1 heterocycles. The largest absolute Gasteiger partial charge is 0.355 e. The summed E-state index contributed by atoms with van der Waals surface area (Å²) in [5.41, 5.74) is 0. The number of carbonyl (C=O) groups is 1. The number of carbonyl (C=O) groups excluding carboxylic acids is 1. The summed E-state index contributed by atoms with van der Waals surface area (Å²) >= 11 is 0. The van der Waals surface area contributed by atoms with E-state index in [-0.39, 0.29) is 11.9 Å². The van der Waals surface area contributed by atoms with Gasteiger partial charge in [-0.15, -0.1) is 0 Å². The quantitative estimate of drug-likeness (QED) is 0.700. The predicted molar refractivity (Wildman–Crippen MR) is 71.9 cm³/mol. The monoisotopic (exact) mass is 240 g/mol. The van der Waals surface area contributed by atoms with Gasteiger partial charge in [0.05, 0.1) is 6.04 Å². The molecule has 0 aliphatic carbocycles. The van der Waals surface area contributed by atoms with E-state index in [2.05, 4.69) is 31.4 Å². The molecule has 0 aromatic rings. The molecular formula is C14H28N2O. The predicted octanol–water partition coefficient (Wildman–Crippen LogP) is 2.46. The zero-order chi connectivity index (χ0) is 12.7. The zero-order valence-corrected chi connectivity index (χ0v) is 11.6. The van der Waals surface area contributed by atoms with Crippen molar-refractivity contribution < 1.29 is 4.79 Å². The molecule has 1 amide bonds. The van der Waals surface area contributed by atoms with Crippen LogP contribution in [-0.2, 0) is 4.79 Å². The molecule has 0 aromatic heterocycles. The maximum absolute atomic E-state index is 11.9. The van der Waals surface area contributed by atoms with E-state index in [1.54, 1.807) is 0 Å². The molecule has 2 N–H and O–H groups in total. The van der Waals surface area contributed by atoms with Crippen molar-refractivity contribution in [1.82, 2.24) is 10.6 Å². The van der Waals surface area contributed by atoms with E-state index in [4.69, 9.17) is 0 Å². The topological polar surface area (TPSA) is 41.1 Å². The van der Waals surface area contributed by atoms with Gasteiger partial charge in [0.25, 0.3) is 0 Å². The SMILES string of the molecule is CC(C)CCCCNC(=O)C1CCCC(C)N1. The molecule has 1 saturated heterocycles. The number of hydrogen-bond acceptors (Lipinski definition) is 2. The maximum Gasteiger partial charge on any atom is 0.237 e. The Morgan fingerprint density at radius 1 is 1.35 bits per heavy atom. The third-order valence-corrected chi connectivity index (χ3v) is 3.44. The number of nitrogens with one attached hydrogen (secondary N) is 2. The van der Waals surface area contributed by atoms with E-state index in [1.165, 1.54) is 25.7 Å². The molecular weight excluding hydrogens is 212 g/mol. The van der Waals surface area contributed by atoms with Crippen LogP contribution in [0.3, 0.4) is 0 Å². The molecule has 100 valence electrons. The smallest absolute Gasteiger partial charge is 0.237 e. The number of unbranched alkanes of at least 4 members (excludes halogenated alkanes) is 1. The van der Waals surface area contributed by atoms with Gasteiger partial charge in [0.15, 0.2) is 0 Å². The lowest BCUT2D eigenvalue weighted by molar-refractivity contribution is -0.123. The van der Waals surface area contributed by atoms with Crippen LogP contribution in [0.2, 0.25) is 0 Å². The summed E-state index contributed by atoms with van der Waals surface area (Å²) in [6, 6.07) is 0.532. The van der Waals surface area contributed by atoms with Gasteiger partial charge in [-0.3, -0.25) is 4.79 Å². The van der Waals surface area contributed by atoms with E-state index in [0.29, 0.717) is 6.04 Å². The van der Waals surface area contributed by atoms with E-state index >= 15 is 0 Å². The van der Waals surface area contributed by atoms with Crippen molar-refractivity contribution in [3.8, 4) is 0 Å². The van der Waals surface area contributed by atoms with E-state index in [1.807, 2.05) is 0 Å². The highest BCUT2D eigenvalue weighted by atomic mass is 16.2. The number of piperidine rings is 1. The number of amides is 1. The lowest BCUT2D eigenvalue weighted by Gasteiger charge is -2.27. The van der Waals surface area contributed by atoms with E-state index in [0.717, 1.165) is 25.3 Å². The van der Waals surface area contributed by atoms with Crippen LogP contribution in [0.25, 0.3) is 0 Å². The van der Waals surface area contributed by atoms with Gasteiger partial charge in [-0.2, -0.15) is 0 Å². The molecule has 2 unspecified atom stereocenters. The molecule has 1 fully saturated rings. The molecule has 0 aromatic carbocycles. The van der Waals surface area contributed by atoms with E-state index < -0.39 is 0 Å². The Labute approximate surface area is 106 Å². The minimum Gasteiger partial charge on any atom is -0.355 e. The van der Waals surface area contributed by atoms with Crippen molar-refractivity contribution >= 4 is 5.91 Å². The Balaban J connectivity index is 2.08. The molecule has 0 radical (unpaired) electrons. The Hall–Kier alpha value is -0.570. The van der Waals surface area contributed by atoms with Crippen molar-refractivity contribution in [2.45, 2.75) is 71.4 Å². The highest BCUT2D eigenvalue weighted by Crippen LogP contribution is 2.12. The first-order chi connectivity index (χ1) is 8.09. The zero-order valence-electron chi connectivity index (χ0n) is 11.6. The highest BCUT2D eigenvalue weighted by Gasteiger charge is 2.23. The fourth-order valence-corrected chi connectivity index (χ4v) is 2.36. The highest BCUT2D eigenvalue weighted by molar-refractivity contribution is 5.81. The third-order valence-electron chi connectivity index (χ3n) is 3.44. The van der Waals surface area contributed by atoms with Crippen molar-refractivity contribution in [3.05, 3.63) is 0 Å². The summed E-state index contributed by atoms with van der Waals surface area (Å²) in [7, 11) is 0. The normalized spacial score (nSPS) is 24.9. The summed E-state index contributed by atoms with van der Waals surface area (Å²) < 4.78 is 0. The van der Waals surface area contributed by atoms with Gasteiger partial charge in [-0.25, -0.2) is 0 Å². The molecule has 0 bridgehead atoms. The van der Waals surface area contributed by atoms with Crippen molar-refractivity contribution in [2.75, 3.05) is 6.54 Å². The van der Waals surface area contributed by atoms with Crippen LogP contribution in [-0.4, -0.2) is 24.5 Å². The number of hydrogen-bond donors (Lipinski definition) is 2. The average Bonchev–Trinajstić information content (AvgIpc) is 2.28. The maximum atomic E-state index is 11.9. The average molecular weight is 240 g/mol. The van der Waals surface area contributed by atoms with Gasteiger partial charge in [-0.1, -0.05) is 26.7 Å². The Morgan fingerprint density at radius 3 is 2.76 bits per heavy atom. The first-order valence-electron chi connectivity index (χ1n) is 7.13. The van der Waals surface area contributed by atoms with E-state index in [9.17, 15) is 4.79 Å². The van der Waals surface area contributed by atoms with Crippen LogP contribution in [0.15, 0.2) is 0 Å². The second kappa shape index (κ2) is 7.70. The Kier molecular flexibility index (Phi) is 6.56. The van der Waals surface area contributed by atoms with Crippen molar-refractivity contribution in [2.24, 2.45) is 5.92 Å². The summed E-state index contributed by atoms with van der Waals surface area (Å²) in [4.78, 5) is 11.9. The molecule has 3 heteroatoms. The van der Waals surface area contributed by atoms with Crippen LogP contribution >= 0.6 is 0 Å². The molecule has 0 spiro atoms. The number of rotatable bonds is 6. The molecule has 17 heavy (non-hydrogen) atoms. The fourth-order valence-electron chi connectivity index (χ4n) is 2.36. The van der Waals surface area contributed by atoms with Gasteiger partial charge in [-0.05, 0) is 38.5 Å². The Morgan fingerprint density at radius 2 is 2.12 bits per heavy atom. The second-order valence-electron chi connectivity index (χ2n) is 5.73. The van der Waals surface area contributed by atoms with Gasteiger partial charge < -0.3 is 10.6 Å². The van der Waals surface area contributed by atoms with Crippen LogP contribution in [0.1, 0.15) is 59.3 Å². The van der Waals surface area contributed by atoms with Crippen LogP contribution in [0, 0.1) is 5.92 Å².